The van der Waals surface area contributed by atoms with E-state index in [0.717, 1.165) is 11.1 Å². The Morgan fingerprint density at radius 2 is 1.55 bits per heavy atom. The lowest BCUT2D eigenvalue weighted by atomic mass is 9.99. The van der Waals surface area contributed by atoms with Gasteiger partial charge in [-0.15, -0.1) is 0 Å². The Labute approximate surface area is 221 Å². The van der Waals surface area contributed by atoms with E-state index in [0.29, 0.717) is 0 Å². The van der Waals surface area contributed by atoms with Gasteiger partial charge in [-0.1, -0.05) is 66.2 Å². The number of carbonyl (C=O) groups excluding carboxylic acids is 1. The first kappa shape index (κ1) is 27.9. The molecule has 0 aliphatic carbocycles. The quantitative estimate of drug-likeness (QED) is 0.277. The van der Waals surface area contributed by atoms with E-state index in [4.69, 9.17) is 23.1 Å². The van der Waals surface area contributed by atoms with Crippen LogP contribution in [-0.4, -0.2) is 58.9 Å². The van der Waals surface area contributed by atoms with Crippen molar-refractivity contribution in [2.24, 2.45) is 0 Å². The zero-order chi connectivity index (χ0) is 27.1. The summed E-state index contributed by atoms with van der Waals surface area (Å²) in [7, 11) is -2.93. The zero-order valence-electron chi connectivity index (χ0n) is 20.9. The fourth-order valence-corrected chi connectivity index (χ4v) is 4.90. The molecular weight excluding hydrogens is 515 g/mol. The van der Waals surface area contributed by atoms with Crippen molar-refractivity contribution in [2.75, 3.05) is 13.7 Å². The minimum atomic E-state index is -4.19. The molecule has 202 valence electrons. The number of esters is 1. The lowest BCUT2D eigenvalue weighted by Crippen LogP contribution is -2.60. The van der Waals surface area contributed by atoms with Gasteiger partial charge in [-0.2, -0.15) is 8.42 Å². The molecule has 1 unspecified atom stereocenters. The molecule has 1 fully saturated rings. The van der Waals surface area contributed by atoms with Crippen LogP contribution < -0.4 is 0 Å². The first-order valence-corrected chi connectivity index (χ1v) is 13.4. The Bertz CT molecular complexity index is 1290. The molecule has 1 heterocycles. The van der Waals surface area contributed by atoms with E-state index in [9.17, 15) is 13.2 Å². The van der Waals surface area contributed by atoms with Gasteiger partial charge in [0.25, 0.3) is 10.1 Å². The normalized spacial score (nSPS) is 23.6. The van der Waals surface area contributed by atoms with Crippen LogP contribution in [0.25, 0.3) is 0 Å². The summed E-state index contributed by atoms with van der Waals surface area (Å²) in [5.74, 6) is -0.748. The molecular formula is C28H29FO8S. The minimum Gasteiger partial charge on any atom is -0.453 e. The van der Waals surface area contributed by atoms with Crippen molar-refractivity contribution in [3.05, 3.63) is 102 Å². The molecule has 1 aliphatic heterocycles. The summed E-state index contributed by atoms with van der Waals surface area (Å²) in [6, 6.07) is 23.3. The average molecular weight is 545 g/mol. The number of hydrogen-bond donors (Lipinski definition) is 0. The van der Waals surface area contributed by atoms with Gasteiger partial charge in [-0.05, 0) is 36.8 Å². The van der Waals surface area contributed by atoms with E-state index in [-0.39, 0.29) is 17.1 Å². The fourth-order valence-electron chi connectivity index (χ4n) is 3.98. The van der Waals surface area contributed by atoms with Crippen LogP contribution in [0.1, 0.15) is 21.5 Å². The molecule has 10 heteroatoms. The number of halogens is 1. The molecule has 5 atom stereocenters. The van der Waals surface area contributed by atoms with E-state index in [2.05, 4.69) is 0 Å². The average Bonchev–Trinajstić information content (AvgIpc) is 2.93. The van der Waals surface area contributed by atoms with Crippen LogP contribution in [0.3, 0.4) is 0 Å². The molecule has 0 radical (unpaired) electrons. The van der Waals surface area contributed by atoms with Crippen LogP contribution in [0.4, 0.5) is 4.39 Å². The number of aryl methyl sites for hydroxylation is 1. The SMILES string of the molecule is COC1O[C@H](COS(=O)(=O)c2ccc(C)cc2)[C@@H](OC(=O)c2ccccc2)[C@H](OCc2ccccc2)[C@H]1F. The van der Waals surface area contributed by atoms with Gasteiger partial charge in [0, 0.05) is 7.11 Å². The van der Waals surface area contributed by atoms with Gasteiger partial charge in [0.1, 0.15) is 12.2 Å². The molecule has 0 amide bonds. The summed E-state index contributed by atoms with van der Waals surface area (Å²) >= 11 is 0. The smallest absolute Gasteiger partial charge is 0.338 e. The lowest BCUT2D eigenvalue weighted by Gasteiger charge is -2.42. The Balaban J connectivity index is 1.59. The van der Waals surface area contributed by atoms with Crippen LogP contribution in [0.15, 0.2) is 89.8 Å². The van der Waals surface area contributed by atoms with Crippen LogP contribution in [0.5, 0.6) is 0 Å². The Morgan fingerprint density at radius 1 is 0.921 bits per heavy atom. The molecule has 3 aromatic rings. The summed E-state index contributed by atoms with van der Waals surface area (Å²) in [5, 5.41) is 0. The first-order valence-electron chi connectivity index (χ1n) is 12.0. The summed E-state index contributed by atoms with van der Waals surface area (Å²) in [4.78, 5) is 12.9. The second-order valence-electron chi connectivity index (χ2n) is 8.77. The summed E-state index contributed by atoms with van der Waals surface area (Å²) in [5.41, 5.74) is 1.87. The highest BCUT2D eigenvalue weighted by atomic mass is 32.2. The molecule has 0 spiro atoms. The molecule has 0 N–H and O–H groups in total. The minimum absolute atomic E-state index is 0.0109. The van der Waals surface area contributed by atoms with Crippen LogP contribution >= 0.6 is 0 Å². The van der Waals surface area contributed by atoms with Crippen molar-refractivity contribution in [3.63, 3.8) is 0 Å². The lowest BCUT2D eigenvalue weighted by molar-refractivity contribution is -0.286. The van der Waals surface area contributed by atoms with E-state index in [1.165, 1.54) is 19.2 Å². The first-order chi connectivity index (χ1) is 18.3. The van der Waals surface area contributed by atoms with Gasteiger partial charge in [0.05, 0.1) is 23.7 Å². The van der Waals surface area contributed by atoms with Crippen LogP contribution in [-0.2, 0) is 39.9 Å². The maximum atomic E-state index is 15.5. The van der Waals surface area contributed by atoms with Gasteiger partial charge < -0.3 is 18.9 Å². The van der Waals surface area contributed by atoms with Crippen molar-refractivity contribution in [1.29, 1.82) is 0 Å². The van der Waals surface area contributed by atoms with Crippen LogP contribution in [0.2, 0.25) is 0 Å². The maximum absolute atomic E-state index is 15.5. The third-order valence-electron chi connectivity index (χ3n) is 6.04. The summed E-state index contributed by atoms with van der Waals surface area (Å²) in [6.07, 6.45) is -7.15. The van der Waals surface area contributed by atoms with E-state index in [1.807, 2.05) is 25.1 Å². The maximum Gasteiger partial charge on any atom is 0.338 e. The third kappa shape index (κ3) is 6.83. The standard InChI is InChI=1S/C28H29FO8S/c1-19-13-15-22(16-14-19)38(31,32)35-18-23-25(37-27(30)21-11-7-4-8-12-21)26(24(29)28(33-2)36-23)34-17-20-9-5-3-6-10-20/h3-16,23-26,28H,17-18H2,1-2H3/t23-,24-,25-,26-,28?/m1/s1. The van der Waals surface area contributed by atoms with Gasteiger partial charge in [0.2, 0.25) is 0 Å². The monoisotopic (exact) mass is 544 g/mol. The zero-order valence-corrected chi connectivity index (χ0v) is 21.8. The highest BCUT2D eigenvalue weighted by Gasteiger charge is 2.50. The van der Waals surface area contributed by atoms with Gasteiger partial charge in [0.15, 0.2) is 18.6 Å². The molecule has 38 heavy (non-hydrogen) atoms. The molecule has 4 rings (SSSR count). The number of rotatable bonds is 10. The molecule has 0 bridgehead atoms. The second kappa shape index (κ2) is 12.6. The predicted octanol–water partition coefficient (Wildman–Crippen LogP) is 4.22. The summed E-state index contributed by atoms with van der Waals surface area (Å²) < 4.78 is 68.9. The topological polar surface area (TPSA) is 97.4 Å². The molecule has 1 saturated heterocycles. The number of methoxy groups -OCH3 is 1. The molecule has 0 saturated carbocycles. The Morgan fingerprint density at radius 3 is 2.18 bits per heavy atom. The summed E-state index contributed by atoms with van der Waals surface area (Å²) in [6.45, 7) is 1.27. The van der Waals surface area contributed by atoms with Gasteiger partial charge in [-0.3, -0.25) is 4.18 Å². The molecule has 1 aliphatic rings. The van der Waals surface area contributed by atoms with Crippen molar-refractivity contribution in [2.45, 2.75) is 49.2 Å². The number of carbonyl (C=O) groups is 1. The molecule has 8 nitrogen and oxygen atoms in total. The van der Waals surface area contributed by atoms with Gasteiger partial charge >= 0.3 is 5.97 Å². The van der Waals surface area contributed by atoms with Crippen LogP contribution in [0, 0.1) is 6.92 Å². The van der Waals surface area contributed by atoms with Crippen molar-refractivity contribution >= 4 is 16.1 Å². The van der Waals surface area contributed by atoms with Crippen molar-refractivity contribution in [3.8, 4) is 0 Å². The molecule has 3 aromatic carbocycles. The van der Waals surface area contributed by atoms with Gasteiger partial charge in [-0.25, -0.2) is 9.18 Å². The van der Waals surface area contributed by atoms with E-state index < -0.39 is 53.5 Å². The number of alkyl halides is 1. The highest BCUT2D eigenvalue weighted by molar-refractivity contribution is 7.86. The predicted molar refractivity (Wildman–Crippen MR) is 136 cm³/mol. The Kier molecular flexibility index (Phi) is 9.24. The number of hydrogen-bond acceptors (Lipinski definition) is 8. The van der Waals surface area contributed by atoms with E-state index >= 15 is 4.39 Å². The van der Waals surface area contributed by atoms with Crippen molar-refractivity contribution in [1.82, 2.24) is 0 Å². The van der Waals surface area contributed by atoms with E-state index in [1.54, 1.807) is 54.6 Å². The number of benzene rings is 3. The molecule has 0 aromatic heterocycles. The largest absolute Gasteiger partial charge is 0.453 e. The van der Waals surface area contributed by atoms with Crippen molar-refractivity contribution < 1.29 is 40.7 Å². The number of ether oxygens (including phenoxy) is 4. The Hall–Kier alpha value is -3.15. The fraction of sp³-hybridized carbons (Fsp3) is 0.321. The second-order valence-corrected chi connectivity index (χ2v) is 10.4. The highest BCUT2D eigenvalue weighted by Crippen LogP contribution is 2.31. The third-order valence-corrected chi connectivity index (χ3v) is 7.34.